The maximum Gasteiger partial charge on any atom is 0.419 e. The summed E-state index contributed by atoms with van der Waals surface area (Å²) in [5.41, 5.74) is 1.04. The van der Waals surface area contributed by atoms with Crippen molar-refractivity contribution >= 4 is 11.6 Å². The lowest BCUT2D eigenvalue weighted by Crippen LogP contribution is -2.29. The van der Waals surface area contributed by atoms with Crippen molar-refractivity contribution in [1.29, 1.82) is 0 Å². The minimum atomic E-state index is -4.79. The highest BCUT2D eigenvalue weighted by Crippen LogP contribution is 2.34. The van der Waals surface area contributed by atoms with Gasteiger partial charge in [-0.25, -0.2) is 9.82 Å². The number of hydrogen-bond donors (Lipinski definition) is 2. The van der Waals surface area contributed by atoms with Gasteiger partial charge in [0.2, 0.25) is 0 Å². The van der Waals surface area contributed by atoms with E-state index in [4.69, 9.17) is 21.9 Å². The van der Waals surface area contributed by atoms with Gasteiger partial charge in [-0.05, 0) is 41.4 Å². The average molecular weight is 309 g/mol. The minimum absolute atomic E-state index is 0.0680. The van der Waals surface area contributed by atoms with Gasteiger partial charge in [0.05, 0.1) is 5.56 Å². The van der Waals surface area contributed by atoms with E-state index < -0.39 is 23.6 Å². The summed E-state index contributed by atoms with van der Waals surface area (Å²) < 4.78 is 56.3. The molecule has 2 rings (SSSR count). The summed E-state index contributed by atoms with van der Waals surface area (Å²) in [7, 11) is 0. The molecule has 8 heteroatoms. The molecular formula is C12H9ClF4N2O. The Morgan fingerprint density at radius 1 is 1.20 bits per heavy atom. The minimum Gasteiger partial charge on any atom is -0.448 e. The second-order valence-electron chi connectivity index (χ2n) is 3.98. The first-order chi connectivity index (χ1) is 9.32. The second-order valence-corrected chi connectivity index (χ2v) is 4.35. The van der Waals surface area contributed by atoms with Gasteiger partial charge < -0.3 is 4.42 Å². The molecule has 0 aliphatic heterocycles. The summed E-state index contributed by atoms with van der Waals surface area (Å²) in [6.45, 7) is 0. The Morgan fingerprint density at radius 3 is 2.40 bits per heavy atom. The van der Waals surface area contributed by atoms with Gasteiger partial charge in [-0.3, -0.25) is 5.84 Å². The van der Waals surface area contributed by atoms with E-state index >= 15 is 0 Å². The molecule has 108 valence electrons. The molecule has 0 bridgehead atoms. The van der Waals surface area contributed by atoms with Gasteiger partial charge in [0.15, 0.2) is 5.22 Å². The van der Waals surface area contributed by atoms with Crippen molar-refractivity contribution in [1.82, 2.24) is 5.43 Å². The molecule has 0 saturated carbocycles. The first-order valence-corrected chi connectivity index (χ1v) is 5.78. The van der Waals surface area contributed by atoms with E-state index in [2.05, 4.69) is 5.43 Å². The fraction of sp³-hybridized carbons (Fsp3) is 0.167. The molecule has 0 radical (unpaired) electrons. The summed E-state index contributed by atoms with van der Waals surface area (Å²) >= 11 is 5.60. The molecule has 0 amide bonds. The van der Waals surface area contributed by atoms with Crippen molar-refractivity contribution in [2.45, 2.75) is 12.2 Å². The molecule has 1 unspecified atom stereocenters. The highest BCUT2D eigenvalue weighted by molar-refractivity contribution is 6.28. The lowest BCUT2D eigenvalue weighted by molar-refractivity contribution is -0.140. The van der Waals surface area contributed by atoms with Crippen LogP contribution < -0.4 is 11.3 Å². The summed E-state index contributed by atoms with van der Waals surface area (Å²) in [4.78, 5) is 0. The third-order valence-electron chi connectivity index (χ3n) is 2.67. The number of hydrazine groups is 1. The largest absolute Gasteiger partial charge is 0.448 e. The second kappa shape index (κ2) is 5.43. The lowest BCUT2D eigenvalue weighted by Gasteiger charge is -2.16. The Hall–Kier alpha value is -1.57. The molecule has 3 N–H and O–H groups in total. The lowest BCUT2D eigenvalue weighted by atomic mass is 10.0. The fourth-order valence-electron chi connectivity index (χ4n) is 1.77. The smallest absolute Gasteiger partial charge is 0.419 e. The average Bonchev–Trinajstić information content (AvgIpc) is 2.77. The van der Waals surface area contributed by atoms with Gasteiger partial charge in [-0.2, -0.15) is 13.2 Å². The molecule has 0 aliphatic carbocycles. The fourth-order valence-corrected chi connectivity index (χ4v) is 1.92. The van der Waals surface area contributed by atoms with Crippen LogP contribution in [0.1, 0.15) is 22.9 Å². The summed E-state index contributed by atoms with van der Waals surface area (Å²) in [5, 5.41) is 0.0680. The number of nitrogens with two attached hydrogens (primary N) is 1. The van der Waals surface area contributed by atoms with Crippen LogP contribution in [-0.2, 0) is 6.18 Å². The first kappa shape index (κ1) is 14.8. The van der Waals surface area contributed by atoms with E-state index in [1.807, 2.05) is 0 Å². The molecule has 0 spiro atoms. The normalized spacial score (nSPS) is 13.5. The van der Waals surface area contributed by atoms with Gasteiger partial charge in [-0.15, -0.1) is 0 Å². The zero-order chi connectivity index (χ0) is 14.9. The van der Waals surface area contributed by atoms with E-state index in [1.54, 1.807) is 0 Å². The monoisotopic (exact) mass is 308 g/mol. The maximum absolute atomic E-state index is 13.2. The van der Waals surface area contributed by atoms with Crippen LogP contribution in [0.5, 0.6) is 0 Å². The van der Waals surface area contributed by atoms with E-state index in [9.17, 15) is 17.6 Å². The van der Waals surface area contributed by atoms with Gasteiger partial charge in [0.1, 0.15) is 17.6 Å². The SMILES string of the molecule is NNC(c1ccc(F)c(C(F)(F)F)c1)c1ccc(Cl)o1. The highest BCUT2D eigenvalue weighted by atomic mass is 35.5. The van der Waals surface area contributed by atoms with Crippen molar-refractivity contribution in [2.24, 2.45) is 5.84 Å². The van der Waals surface area contributed by atoms with Crippen molar-refractivity contribution < 1.29 is 22.0 Å². The number of furan rings is 1. The molecule has 1 aromatic heterocycles. The van der Waals surface area contributed by atoms with Crippen LogP contribution in [0, 0.1) is 5.82 Å². The first-order valence-electron chi connectivity index (χ1n) is 5.41. The third kappa shape index (κ3) is 2.95. The van der Waals surface area contributed by atoms with Crippen LogP contribution in [-0.4, -0.2) is 0 Å². The van der Waals surface area contributed by atoms with Gasteiger partial charge in [0, 0.05) is 0 Å². The van der Waals surface area contributed by atoms with E-state index in [0.717, 1.165) is 6.07 Å². The molecule has 2 aromatic rings. The predicted octanol–water partition coefficient (Wildman–Crippen LogP) is 3.64. The molecule has 0 aliphatic rings. The number of nitrogens with one attached hydrogen (secondary N) is 1. The standard InChI is InChI=1S/C12H9ClF4N2O/c13-10-4-3-9(20-10)11(19-18)6-1-2-8(14)7(5-6)12(15,16)17/h1-5,11,19H,18H2. The van der Waals surface area contributed by atoms with Crippen molar-refractivity contribution in [3.8, 4) is 0 Å². The summed E-state index contributed by atoms with van der Waals surface area (Å²) in [6.07, 6.45) is -4.79. The Labute approximate surface area is 116 Å². The third-order valence-corrected chi connectivity index (χ3v) is 2.88. The van der Waals surface area contributed by atoms with Crippen molar-refractivity contribution in [3.05, 3.63) is 58.3 Å². The van der Waals surface area contributed by atoms with E-state index in [0.29, 0.717) is 6.07 Å². The van der Waals surface area contributed by atoms with Gasteiger partial charge in [-0.1, -0.05) is 6.07 Å². The van der Waals surface area contributed by atoms with Crippen LogP contribution in [0.2, 0.25) is 5.22 Å². The maximum atomic E-state index is 13.2. The van der Waals surface area contributed by atoms with Crippen molar-refractivity contribution in [2.75, 3.05) is 0 Å². The van der Waals surface area contributed by atoms with Crippen LogP contribution in [0.15, 0.2) is 34.7 Å². The van der Waals surface area contributed by atoms with Crippen LogP contribution in [0.4, 0.5) is 17.6 Å². The van der Waals surface area contributed by atoms with Crippen molar-refractivity contribution in [3.63, 3.8) is 0 Å². The van der Waals surface area contributed by atoms with Gasteiger partial charge in [0.25, 0.3) is 0 Å². The zero-order valence-corrected chi connectivity index (χ0v) is 10.6. The number of rotatable bonds is 3. The quantitative estimate of drug-likeness (QED) is 0.517. The number of alkyl halides is 3. The van der Waals surface area contributed by atoms with Crippen LogP contribution in [0.25, 0.3) is 0 Å². The van der Waals surface area contributed by atoms with Gasteiger partial charge >= 0.3 is 6.18 Å². The predicted molar refractivity (Wildman–Crippen MR) is 64.3 cm³/mol. The molecular weight excluding hydrogens is 300 g/mol. The Bertz CT molecular complexity index is 612. The number of hydrogen-bond acceptors (Lipinski definition) is 3. The van der Waals surface area contributed by atoms with Crippen LogP contribution >= 0.6 is 11.6 Å². The van der Waals surface area contributed by atoms with E-state index in [1.165, 1.54) is 18.2 Å². The Kier molecular flexibility index (Phi) is 4.03. The van der Waals surface area contributed by atoms with Crippen LogP contribution in [0.3, 0.4) is 0 Å². The molecule has 0 saturated heterocycles. The molecule has 0 fully saturated rings. The summed E-state index contributed by atoms with van der Waals surface area (Å²) in [5.74, 6) is 4.18. The molecule has 1 atom stereocenters. The number of benzene rings is 1. The summed E-state index contributed by atoms with van der Waals surface area (Å²) in [6, 6.07) is 4.61. The zero-order valence-electron chi connectivity index (χ0n) is 9.84. The topological polar surface area (TPSA) is 51.2 Å². The molecule has 1 heterocycles. The molecule has 3 nitrogen and oxygen atoms in total. The highest BCUT2D eigenvalue weighted by Gasteiger charge is 2.35. The Balaban J connectivity index is 2.46. The van der Waals surface area contributed by atoms with E-state index in [-0.39, 0.29) is 16.5 Å². The number of halogens is 5. The molecule has 1 aromatic carbocycles. The molecule has 20 heavy (non-hydrogen) atoms. The Morgan fingerprint density at radius 2 is 1.90 bits per heavy atom.